The van der Waals surface area contributed by atoms with Crippen LogP contribution in [-0.4, -0.2) is 23.7 Å². The van der Waals surface area contributed by atoms with Crippen molar-refractivity contribution in [3.63, 3.8) is 0 Å². The molecule has 0 N–H and O–H groups in total. The summed E-state index contributed by atoms with van der Waals surface area (Å²) < 4.78 is 11.3. The first-order valence-corrected chi connectivity index (χ1v) is 8.88. The molecule has 0 aliphatic rings. The maximum absolute atomic E-state index is 11.7. The molecule has 24 heavy (non-hydrogen) atoms. The van der Waals surface area contributed by atoms with Crippen molar-refractivity contribution in [2.75, 3.05) is 13.2 Å². The first-order valence-electron chi connectivity index (χ1n) is 8.13. The predicted molar refractivity (Wildman–Crippen MR) is 96.7 cm³/mol. The molecule has 0 heterocycles. The third kappa shape index (κ3) is 5.99. The minimum Gasteiger partial charge on any atom is -0.492 e. The molecule has 2 atom stereocenters. The molecular weight excluding hydrogens is 351 g/mol. The van der Waals surface area contributed by atoms with Gasteiger partial charge in [0.25, 0.3) is 10.5 Å². The highest BCUT2D eigenvalue weighted by atomic mass is 35.5. The number of ether oxygens (including phenoxy) is 2. The van der Waals surface area contributed by atoms with E-state index in [2.05, 4.69) is 0 Å². The Morgan fingerprint density at radius 2 is 1.21 bits per heavy atom. The van der Waals surface area contributed by atoms with E-state index in [-0.39, 0.29) is 22.6 Å². The molecule has 2 unspecified atom stereocenters. The molecule has 0 saturated heterocycles. The fraction of sp³-hybridized carbons (Fsp3) is 0.556. The van der Waals surface area contributed by atoms with Gasteiger partial charge >= 0.3 is 0 Å². The zero-order valence-corrected chi connectivity index (χ0v) is 16.0. The van der Waals surface area contributed by atoms with Crippen LogP contribution in [0.1, 0.15) is 61.3 Å². The normalized spacial score (nSPS) is 13.2. The molecule has 0 fully saturated rings. The number of hydrogen-bond donors (Lipinski definition) is 0. The van der Waals surface area contributed by atoms with E-state index in [1.165, 1.54) is 12.1 Å². The van der Waals surface area contributed by atoms with Crippen molar-refractivity contribution < 1.29 is 19.1 Å². The highest BCUT2D eigenvalue weighted by molar-refractivity contribution is 6.69. The van der Waals surface area contributed by atoms with Crippen LogP contribution in [0.5, 0.6) is 11.5 Å². The molecule has 1 aromatic carbocycles. The van der Waals surface area contributed by atoms with Crippen LogP contribution in [-0.2, 0) is 0 Å². The molecule has 4 nitrogen and oxygen atoms in total. The summed E-state index contributed by atoms with van der Waals surface area (Å²) >= 11 is 11.3. The maximum Gasteiger partial charge on any atom is 0.256 e. The maximum atomic E-state index is 11.7. The number of benzene rings is 1. The smallest absolute Gasteiger partial charge is 0.256 e. The van der Waals surface area contributed by atoms with E-state index in [0.717, 1.165) is 12.8 Å². The van der Waals surface area contributed by atoms with E-state index in [9.17, 15) is 9.59 Å². The zero-order valence-electron chi connectivity index (χ0n) is 14.5. The number of carbonyl (C=O) groups excluding carboxylic acids is 2. The van der Waals surface area contributed by atoms with E-state index in [0.29, 0.717) is 25.0 Å². The van der Waals surface area contributed by atoms with E-state index in [1.54, 1.807) is 0 Å². The standard InChI is InChI=1S/C18H24Cl2O4/c1-5-11(3)9-23-15-7-14(18(20)22)16(8-13(15)17(19)21)24-10-12(4)6-2/h7-8,11-12H,5-6,9-10H2,1-4H3. The molecule has 6 heteroatoms. The van der Waals surface area contributed by atoms with Crippen LogP contribution in [0.15, 0.2) is 12.1 Å². The fourth-order valence-corrected chi connectivity index (χ4v) is 2.10. The van der Waals surface area contributed by atoms with Crippen molar-refractivity contribution in [1.82, 2.24) is 0 Å². The topological polar surface area (TPSA) is 52.6 Å². The second-order valence-electron chi connectivity index (χ2n) is 6.04. The van der Waals surface area contributed by atoms with Crippen molar-refractivity contribution in [1.29, 1.82) is 0 Å². The first-order chi connectivity index (χ1) is 11.3. The predicted octanol–water partition coefficient (Wildman–Crippen LogP) is 5.29. The quantitative estimate of drug-likeness (QED) is 0.521. The Labute approximate surface area is 153 Å². The lowest BCUT2D eigenvalue weighted by atomic mass is 10.1. The van der Waals surface area contributed by atoms with Gasteiger partial charge in [0.2, 0.25) is 0 Å². The lowest BCUT2D eigenvalue weighted by Gasteiger charge is -2.17. The van der Waals surface area contributed by atoms with Crippen molar-refractivity contribution in [2.45, 2.75) is 40.5 Å². The lowest BCUT2D eigenvalue weighted by molar-refractivity contribution is 0.106. The molecule has 0 spiro atoms. The van der Waals surface area contributed by atoms with Crippen molar-refractivity contribution in [3.8, 4) is 11.5 Å². The minimum atomic E-state index is -0.670. The van der Waals surface area contributed by atoms with Crippen molar-refractivity contribution >= 4 is 33.7 Å². The Bertz CT molecular complexity index is 535. The highest BCUT2D eigenvalue weighted by Crippen LogP contribution is 2.32. The van der Waals surface area contributed by atoms with Crippen LogP contribution >= 0.6 is 23.2 Å². The molecule has 0 radical (unpaired) electrons. The van der Waals surface area contributed by atoms with Gasteiger partial charge in [0, 0.05) is 0 Å². The number of carbonyl (C=O) groups is 2. The van der Waals surface area contributed by atoms with E-state index >= 15 is 0 Å². The summed E-state index contributed by atoms with van der Waals surface area (Å²) in [6.07, 6.45) is 1.86. The Morgan fingerprint density at radius 1 is 0.875 bits per heavy atom. The summed E-state index contributed by atoms with van der Waals surface area (Å²) in [7, 11) is 0. The molecule has 1 aromatic rings. The van der Waals surface area contributed by atoms with Gasteiger partial charge in [-0.25, -0.2) is 0 Å². The SMILES string of the molecule is CCC(C)COc1cc(C(=O)Cl)c(OCC(C)CC)cc1C(=O)Cl. The van der Waals surface area contributed by atoms with E-state index < -0.39 is 10.5 Å². The third-order valence-corrected chi connectivity index (χ3v) is 4.35. The van der Waals surface area contributed by atoms with Crippen molar-refractivity contribution in [2.24, 2.45) is 11.8 Å². The Kier molecular flexibility index (Phi) is 8.57. The Balaban J connectivity index is 3.18. The number of hydrogen-bond acceptors (Lipinski definition) is 4. The van der Waals surface area contributed by atoms with Gasteiger partial charge in [-0.15, -0.1) is 0 Å². The van der Waals surface area contributed by atoms with Crippen molar-refractivity contribution in [3.05, 3.63) is 23.3 Å². The Morgan fingerprint density at radius 3 is 1.46 bits per heavy atom. The fourth-order valence-electron chi connectivity index (χ4n) is 1.81. The van der Waals surface area contributed by atoms with Gasteiger partial charge in [-0.2, -0.15) is 0 Å². The van der Waals surface area contributed by atoms with Gasteiger partial charge < -0.3 is 9.47 Å². The summed E-state index contributed by atoms with van der Waals surface area (Å²) in [5.74, 6) is 1.10. The van der Waals surface area contributed by atoms with Gasteiger partial charge in [0.1, 0.15) is 11.5 Å². The van der Waals surface area contributed by atoms with E-state index in [4.69, 9.17) is 32.7 Å². The summed E-state index contributed by atoms with van der Waals surface area (Å²) in [6, 6.07) is 2.86. The van der Waals surface area contributed by atoms with Crippen LogP contribution in [0.2, 0.25) is 0 Å². The van der Waals surface area contributed by atoms with Gasteiger partial charge in [-0.1, -0.05) is 40.5 Å². The summed E-state index contributed by atoms with van der Waals surface area (Å²) in [5, 5.41) is -1.34. The molecule has 134 valence electrons. The molecule has 1 rings (SSSR count). The summed E-state index contributed by atoms with van der Waals surface area (Å²) in [4.78, 5) is 23.4. The molecular formula is C18H24Cl2O4. The average Bonchev–Trinajstić information content (AvgIpc) is 2.56. The third-order valence-electron chi connectivity index (χ3n) is 3.95. The monoisotopic (exact) mass is 374 g/mol. The van der Waals surface area contributed by atoms with Gasteiger partial charge in [-0.3, -0.25) is 9.59 Å². The lowest BCUT2D eigenvalue weighted by Crippen LogP contribution is -2.12. The first kappa shape index (κ1) is 20.8. The van der Waals surface area contributed by atoms with E-state index in [1.807, 2.05) is 27.7 Å². The second kappa shape index (κ2) is 9.90. The summed E-state index contributed by atoms with van der Waals surface area (Å²) in [6.45, 7) is 8.97. The second-order valence-corrected chi connectivity index (χ2v) is 6.73. The molecule has 0 aliphatic heterocycles. The van der Waals surface area contributed by atoms with Crippen LogP contribution in [0.25, 0.3) is 0 Å². The largest absolute Gasteiger partial charge is 0.492 e. The Hall–Kier alpha value is -1.26. The van der Waals surface area contributed by atoms with Gasteiger partial charge in [-0.05, 0) is 47.2 Å². The molecule has 0 saturated carbocycles. The van der Waals surface area contributed by atoms with Crippen LogP contribution in [0.3, 0.4) is 0 Å². The molecule has 0 aromatic heterocycles. The zero-order chi connectivity index (χ0) is 18.3. The molecule has 0 aliphatic carbocycles. The summed E-state index contributed by atoms with van der Waals surface area (Å²) in [5.41, 5.74) is 0.335. The van der Waals surface area contributed by atoms with Gasteiger partial charge in [0.15, 0.2) is 0 Å². The molecule has 0 bridgehead atoms. The average molecular weight is 375 g/mol. The number of rotatable bonds is 10. The highest BCUT2D eigenvalue weighted by Gasteiger charge is 2.20. The molecule has 0 amide bonds. The van der Waals surface area contributed by atoms with Gasteiger partial charge in [0.05, 0.1) is 24.3 Å². The minimum absolute atomic E-state index is 0.167. The van der Waals surface area contributed by atoms with Crippen LogP contribution in [0, 0.1) is 11.8 Å². The number of halogens is 2. The van der Waals surface area contributed by atoms with Crippen LogP contribution < -0.4 is 9.47 Å². The van der Waals surface area contributed by atoms with Crippen LogP contribution in [0.4, 0.5) is 0 Å².